The summed E-state index contributed by atoms with van der Waals surface area (Å²) >= 11 is 0. The first-order valence-electron chi connectivity index (χ1n) is 14.8. The molecule has 0 radical (unpaired) electrons. The molecule has 42 heavy (non-hydrogen) atoms. The van der Waals surface area contributed by atoms with E-state index in [1.54, 1.807) is 4.90 Å². The van der Waals surface area contributed by atoms with Gasteiger partial charge in [0, 0.05) is 54.8 Å². The molecule has 2 aromatic carbocycles. The van der Waals surface area contributed by atoms with Crippen LogP contribution < -0.4 is 14.5 Å². The highest BCUT2D eigenvalue weighted by molar-refractivity contribution is 5.97. The monoisotopic (exact) mass is 565 g/mol. The van der Waals surface area contributed by atoms with Crippen LogP contribution >= 0.6 is 0 Å². The smallest absolute Gasteiger partial charge is 0.318 e. The van der Waals surface area contributed by atoms with E-state index in [9.17, 15) is 4.79 Å². The number of benzene rings is 2. The third-order valence-electron chi connectivity index (χ3n) is 8.97. The minimum atomic E-state index is -0.220. The maximum atomic E-state index is 12.5. The van der Waals surface area contributed by atoms with Gasteiger partial charge in [-0.1, -0.05) is 36.9 Å². The Morgan fingerprint density at radius 2 is 1.98 bits per heavy atom. The van der Waals surface area contributed by atoms with E-state index in [2.05, 4.69) is 83.5 Å². The van der Waals surface area contributed by atoms with Crippen LogP contribution in [0.1, 0.15) is 23.2 Å². The number of hydrogen-bond acceptors (Lipinski definition) is 7. The van der Waals surface area contributed by atoms with Crippen LogP contribution in [0.4, 0.5) is 11.5 Å². The quantitative estimate of drug-likeness (QED) is 0.303. The Morgan fingerprint density at radius 1 is 1.17 bits per heavy atom. The number of amides is 1. The SMILES string of the molecule is [C-]#[N+]C[C@H]1CN(c2nc(OC[C@H]3C[C@@H]3N(C)C)nc3c2CCN(c2cccc4cccc(C)c24)C3)CCN1C(=O)C=C. The molecule has 218 valence electrons. The van der Waals surface area contributed by atoms with Crippen LogP contribution in [-0.2, 0) is 17.8 Å². The average Bonchev–Trinajstić information content (AvgIpc) is 3.79. The van der Waals surface area contributed by atoms with E-state index in [0.29, 0.717) is 50.8 Å². The topological polar surface area (TPSA) is 69.4 Å². The van der Waals surface area contributed by atoms with Gasteiger partial charge in [0.15, 0.2) is 0 Å². The Bertz CT molecular complexity index is 1540. The van der Waals surface area contributed by atoms with Crippen molar-refractivity contribution in [1.82, 2.24) is 19.8 Å². The van der Waals surface area contributed by atoms with Crippen LogP contribution in [0.5, 0.6) is 6.01 Å². The molecule has 9 nitrogen and oxygen atoms in total. The number of carbonyl (C=O) groups is 1. The zero-order chi connectivity index (χ0) is 29.4. The van der Waals surface area contributed by atoms with Crippen molar-refractivity contribution in [1.29, 1.82) is 0 Å². The summed E-state index contributed by atoms with van der Waals surface area (Å²) in [5, 5.41) is 2.52. The van der Waals surface area contributed by atoms with Crippen LogP contribution in [0, 0.1) is 19.4 Å². The van der Waals surface area contributed by atoms with Crippen LogP contribution in [0.15, 0.2) is 49.1 Å². The van der Waals surface area contributed by atoms with Crippen molar-refractivity contribution in [2.24, 2.45) is 5.92 Å². The third-order valence-corrected chi connectivity index (χ3v) is 8.97. The molecule has 1 aliphatic carbocycles. The van der Waals surface area contributed by atoms with Gasteiger partial charge in [0.2, 0.25) is 12.5 Å². The Hall–Kier alpha value is -4.16. The standard InChI is InChI=1S/C33H39N7O2/c1-6-30(41)40-16-15-39(19-25(40)18-34-3)32-26-13-14-38(28-12-8-11-23-10-7-9-22(2)31(23)28)20-27(26)35-33(36-32)42-21-24-17-29(24)37(4)5/h6-12,24-25,29H,1,13-21H2,2,4-5H3/t24-,25+,29+/m1/s1. The van der Waals surface area contributed by atoms with Crippen molar-refractivity contribution >= 4 is 28.2 Å². The second kappa shape index (κ2) is 11.6. The first-order valence-corrected chi connectivity index (χ1v) is 14.8. The molecule has 2 fully saturated rings. The molecule has 3 aliphatic rings. The fourth-order valence-electron chi connectivity index (χ4n) is 6.63. The van der Waals surface area contributed by atoms with Gasteiger partial charge in [0.05, 0.1) is 18.8 Å². The minimum Gasteiger partial charge on any atom is -0.463 e. The van der Waals surface area contributed by atoms with E-state index in [4.69, 9.17) is 21.3 Å². The van der Waals surface area contributed by atoms with Crippen LogP contribution in [0.25, 0.3) is 15.6 Å². The lowest BCUT2D eigenvalue weighted by Crippen LogP contribution is -2.56. The maximum Gasteiger partial charge on any atom is 0.318 e. The van der Waals surface area contributed by atoms with Gasteiger partial charge in [-0.05, 0) is 57.0 Å². The Labute approximate surface area is 248 Å². The van der Waals surface area contributed by atoms with Crippen molar-refractivity contribution in [2.45, 2.75) is 38.4 Å². The van der Waals surface area contributed by atoms with E-state index < -0.39 is 0 Å². The van der Waals surface area contributed by atoms with Crippen LogP contribution in [0.3, 0.4) is 0 Å². The number of piperazine rings is 1. The lowest BCUT2D eigenvalue weighted by Gasteiger charge is -2.41. The predicted molar refractivity (Wildman–Crippen MR) is 166 cm³/mol. The van der Waals surface area contributed by atoms with Gasteiger partial charge in [-0.3, -0.25) is 4.79 Å². The number of hydrogen-bond donors (Lipinski definition) is 0. The summed E-state index contributed by atoms with van der Waals surface area (Å²) in [4.78, 5) is 34.8. The van der Waals surface area contributed by atoms with Gasteiger partial charge >= 0.3 is 6.01 Å². The molecule has 3 atom stereocenters. The number of ether oxygens (including phenoxy) is 1. The molecule has 1 amide bonds. The summed E-state index contributed by atoms with van der Waals surface area (Å²) in [6.07, 6.45) is 3.27. The van der Waals surface area contributed by atoms with Crippen LogP contribution in [0.2, 0.25) is 0 Å². The normalized spacial score (nSPS) is 21.7. The number of aryl methyl sites for hydroxylation is 1. The zero-order valence-corrected chi connectivity index (χ0v) is 24.8. The highest BCUT2D eigenvalue weighted by Gasteiger charge is 2.40. The first kappa shape index (κ1) is 28.0. The number of nitrogens with zero attached hydrogens (tertiary/aromatic N) is 7. The molecule has 1 aromatic heterocycles. The molecule has 1 saturated carbocycles. The van der Waals surface area contributed by atoms with Gasteiger partial charge in [0.25, 0.3) is 0 Å². The van der Waals surface area contributed by atoms with Gasteiger partial charge in [-0.25, -0.2) is 6.57 Å². The number of anilines is 2. The van der Waals surface area contributed by atoms with Crippen molar-refractivity contribution in [2.75, 3.05) is 63.2 Å². The molecular weight excluding hydrogens is 526 g/mol. The third kappa shape index (κ3) is 5.39. The highest BCUT2D eigenvalue weighted by Crippen LogP contribution is 2.37. The number of fused-ring (bicyclic) bond motifs is 2. The largest absolute Gasteiger partial charge is 0.463 e. The van der Waals surface area contributed by atoms with E-state index >= 15 is 0 Å². The van der Waals surface area contributed by atoms with Crippen molar-refractivity contribution in [3.63, 3.8) is 0 Å². The predicted octanol–water partition coefficient (Wildman–Crippen LogP) is 3.95. The highest BCUT2D eigenvalue weighted by atomic mass is 16.5. The van der Waals surface area contributed by atoms with E-state index in [-0.39, 0.29) is 18.5 Å². The average molecular weight is 566 g/mol. The molecule has 9 heteroatoms. The lowest BCUT2D eigenvalue weighted by atomic mass is 9.99. The summed E-state index contributed by atoms with van der Waals surface area (Å²) in [6, 6.07) is 13.7. The Kier molecular flexibility index (Phi) is 7.74. The fraction of sp³-hybridized carbons (Fsp3) is 0.455. The van der Waals surface area contributed by atoms with E-state index in [1.807, 2.05) is 0 Å². The lowest BCUT2D eigenvalue weighted by molar-refractivity contribution is -0.128. The molecule has 6 rings (SSSR count). The molecule has 2 aliphatic heterocycles. The van der Waals surface area contributed by atoms with Crippen molar-refractivity contribution in [3.8, 4) is 6.01 Å². The molecule has 0 N–H and O–H groups in total. The summed E-state index contributed by atoms with van der Waals surface area (Å²) < 4.78 is 6.27. The second-order valence-electron chi connectivity index (χ2n) is 11.9. The number of carbonyl (C=O) groups excluding carboxylic acids is 1. The number of aromatic nitrogens is 2. The summed E-state index contributed by atoms with van der Waals surface area (Å²) in [6.45, 7) is 17.4. The van der Waals surface area contributed by atoms with Gasteiger partial charge in [-0.15, -0.1) is 0 Å². The van der Waals surface area contributed by atoms with Crippen molar-refractivity contribution in [3.05, 3.63) is 77.3 Å². The molecule has 3 aromatic rings. The number of rotatable bonds is 8. The molecule has 1 saturated heterocycles. The molecule has 0 spiro atoms. The van der Waals surface area contributed by atoms with Crippen molar-refractivity contribution < 1.29 is 9.53 Å². The maximum absolute atomic E-state index is 12.5. The van der Waals surface area contributed by atoms with Gasteiger partial charge in [-0.2, -0.15) is 9.97 Å². The molecule has 3 heterocycles. The summed E-state index contributed by atoms with van der Waals surface area (Å²) in [5.41, 5.74) is 4.61. The van der Waals surface area contributed by atoms with E-state index in [0.717, 1.165) is 36.5 Å². The summed E-state index contributed by atoms with van der Waals surface area (Å²) in [7, 11) is 4.22. The second-order valence-corrected chi connectivity index (χ2v) is 11.9. The zero-order valence-electron chi connectivity index (χ0n) is 24.8. The Morgan fingerprint density at radius 3 is 2.71 bits per heavy atom. The molecule has 0 bridgehead atoms. The molecular formula is C33H39N7O2. The van der Waals surface area contributed by atoms with Crippen LogP contribution in [-0.4, -0.2) is 91.2 Å². The fourth-order valence-corrected chi connectivity index (χ4v) is 6.63. The van der Waals surface area contributed by atoms with E-state index in [1.165, 1.54) is 28.1 Å². The van der Waals surface area contributed by atoms with Gasteiger partial charge < -0.3 is 29.2 Å². The Balaban J connectivity index is 1.33. The summed E-state index contributed by atoms with van der Waals surface area (Å²) in [5.74, 6) is 1.23. The molecule has 0 unspecified atom stereocenters. The first-order chi connectivity index (χ1) is 20.4. The van der Waals surface area contributed by atoms with Gasteiger partial charge in [0.1, 0.15) is 11.9 Å². The minimum absolute atomic E-state index is 0.127.